The largest absolute Gasteiger partial charge is 0.468 e. The van der Waals surface area contributed by atoms with E-state index in [0.717, 1.165) is 7.11 Å². The highest BCUT2D eigenvalue weighted by atomic mass is 16.5. The predicted octanol–water partition coefficient (Wildman–Crippen LogP) is 1.13. The van der Waals surface area contributed by atoms with Crippen LogP contribution in [0.15, 0.2) is 18.2 Å². The van der Waals surface area contributed by atoms with Crippen LogP contribution in [-0.2, 0) is 14.3 Å². The smallest absolute Gasteiger partial charge is 0.337 e. The van der Waals surface area contributed by atoms with Crippen molar-refractivity contribution in [2.45, 2.75) is 5.92 Å². The molecule has 19 heavy (non-hydrogen) atoms. The predicted molar refractivity (Wildman–Crippen MR) is 62.9 cm³/mol. The molecule has 1 aromatic carbocycles. The molecule has 0 bridgehead atoms. The fourth-order valence-electron chi connectivity index (χ4n) is 1.52. The lowest BCUT2D eigenvalue weighted by Crippen LogP contribution is -2.15. The highest BCUT2D eigenvalue weighted by Crippen LogP contribution is 2.22. The van der Waals surface area contributed by atoms with Gasteiger partial charge in [0.1, 0.15) is 0 Å². The van der Waals surface area contributed by atoms with E-state index in [0.29, 0.717) is 0 Å². The van der Waals surface area contributed by atoms with Gasteiger partial charge in [0.25, 0.3) is 0 Å². The van der Waals surface area contributed by atoms with Gasteiger partial charge in [-0.25, -0.2) is 4.79 Å². The maximum absolute atomic E-state index is 11.5. The average Bonchev–Trinajstić information content (AvgIpc) is 2.46. The Morgan fingerprint density at radius 2 is 1.89 bits per heavy atom. The molecule has 0 amide bonds. The van der Waals surface area contributed by atoms with E-state index in [-0.39, 0.29) is 16.7 Å². The molecule has 0 spiro atoms. The van der Waals surface area contributed by atoms with Gasteiger partial charge >= 0.3 is 11.9 Å². The Kier molecular flexibility index (Phi) is 4.62. The zero-order chi connectivity index (χ0) is 14.4. The highest BCUT2D eigenvalue weighted by molar-refractivity contribution is 5.91. The summed E-state index contributed by atoms with van der Waals surface area (Å²) in [6.45, 7) is 0. The van der Waals surface area contributed by atoms with Gasteiger partial charge in [-0.2, -0.15) is 10.5 Å². The molecule has 0 saturated heterocycles. The SMILES string of the molecule is COC(=O)c1ccc(C#N)c(C(C#N)C(=O)OC)c1. The summed E-state index contributed by atoms with van der Waals surface area (Å²) in [4.78, 5) is 22.9. The molecule has 1 atom stereocenters. The van der Waals surface area contributed by atoms with Crippen molar-refractivity contribution >= 4 is 11.9 Å². The minimum absolute atomic E-state index is 0.125. The molecule has 0 heterocycles. The van der Waals surface area contributed by atoms with Crippen LogP contribution in [0.4, 0.5) is 0 Å². The van der Waals surface area contributed by atoms with Gasteiger partial charge in [-0.15, -0.1) is 0 Å². The molecule has 0 fully saturated rings. The third-order valence-electron chi connectivity index (χ3n) is 2.47. The first-order valence-corrected chi connectivity index (χ1v) is 5.18. The molecule has 1 unspecified atom stereocenters. The molecule has 96 valence electrons. The maximum Gasteiger partial charge on any atom is 0.337 e. The Bertz CT molecular complexity index is 596. The monoisotopic (exact) mass is 258 g/mol. The van der Waals surface area contributed by atoms with Crippen LogP contribution in [0.2, 0.25) is 0 Å². The van der Waals surface area contributed by atoms with Gasteiger partial charge < -0.3 is 9.47 Å². The molecule has 0 aromatic heterocycles. The zero-order valence-electron chi connectivity index (χ0n) is 10.3. The van der Waals surface area contributed by atoms with E-state index >= 15 is 0 Å². The quantitative estimate of drug-likeness (QED) is 0.753. The van der Waals surface area contributed by atoms with Crippen molar-refractivity contribution in [3.8, 4) is 12.1 Å². The first kappa shape index (κ1) is 14.2. The van der Waals surface area contributed by atoms with Crippen molar-refractivity contribution in [3.63, 3.8) is 0 Å². The minimum atomic E-state index is -1.26. The van der Waals surface area contributed by atoms with E-state index in [2.05, 4.69) is 9.47 Å². The van der Waals surface area contributed by atoms with Gasteiger partial charge in [0.15, 0.2) is 5.92 Å². The fourth-order valence-corrected chi connectivity index (χ4v) is 1.52. The summed E-state index contributed by atoms with van der Waals surface area (Å²) in [7, 11) is 2.35. The van der Waals surface area contributed by atoms with Crippen LogP contribution in [0.5, 0.6) is 0 Å². The lowest BCUT2D eigenvalue weighted by Gasteiger charge is -2.10. The molecule has 6 nitrogen and oxygen atoms in total. The Morgan fingerprint density at radius 3 is 2.37 bits per heavy atom. The topological polar surface area (TPSA) is 100 Å². The summed E-state index contributed by atoms with van der Waals surface area (Å²) < 4.78 is 9.04. The Balaban J connectivity index is 3.39. The summed E-state index contributed by atoms with van der Waals surface area (Å²) in [5.74, 6) is -2.67. The number of esters is 2. The van der Waals surface area contributed by atoms with Crippen molar-refractivity contribution in [2.24, 2.45) is 0 Å². The summed E-state index contributed by atoms with van der Waals surface area (Å²) in [6, 6.07) is 7.64. The fraction of sp³-hybridized carbons (Fsp3) is 0.231. The number of carbonyl (C=O) groups excluding carboxylic acids is 2. The third kappa shape index (κ3) is 2.88. The van der Waals surface area contributed by atoms with E-state index in [9.17, 15) is 9.59 Å². The van der Waals surface area contributed by atoms with Crippen LogP contribution in [0, 0.1) is 22.7 Å². The van der Waals surface area contributed by atoms with Crippen LogP contribution < -0.4 is 0 Å². The molecule has 0 saturated carbocycles. The average molecular weight is 258 g/mol. The van der Waals surface area contributed by atoms with Gasteiger partial charge in [-0.05, 0) is 23.8 Å². The number of rotatable bonds is 3. The number of benzene rings is 1. The molecular formula is C13H10N2O4. The number of methoxy groups -OCH3 is 2. The van der Waals surface area contributed by atoms with Gasteiger partial charge in [0.2, 0.25) is 0 Å². The van der Waals surface area contributed by atoms with Crippen LogP contribution in [0.25, 0.3) is 0 Å². The number of nitriles is 2. The van der Waals surface area contributed by atoms with Crippen LogP contribution in [0.3, 0.4) is 0 Å². The van der Waals surface area contributed by atoms with Crippen LogP contribution in [0.1, 0.15) is 27.4 Å². The second-order valence-corrected chi connectivity index (χ2v) is 3.49. The van der Waals surface area contributed by atoms with E-state index in [4.69, 9.17) is 10.5 Å². The molecule has 6 heteroatoms. The van der Waals surface area contributed by atoms with Gasteiger partial charge in [0.05, 0.1) is 37.5 Å². The second kappa shape index (κ2) is 6.18. The lowest BCUT2D eigenvalue weighted by molar-refractivity contribution is -0.141. The van der Waals surface area contributed by atoms with Crippen LogP contribution >= 0.6 is 0 Å². The van der Waals surface area contributed by atoms with Gasteiger partial charge in [-0.1, -0.05) is 0 Å². The van der Waals surface area contributed by atoms with Crippen molar-refractivity contribution < 1.29 is 19.1 Å². The summed E-state index contributed by atoms with van der Waals surface area (Å²) in [5, 5.41) is 18.0. The first-order valence-electron chi connectivity index (χ1n) is 5.18. The van der Waals surface area contributed by atoms with E-state index in [1.165, 1.54) is 25.3 Å². The van der Waals surface area contributed by atoms with Gasteiger partial charge in [0, 0.05) is 0 Å². The minimum Gasteiger partial charge on any atom is -0.468 e. The number of hydrogen-bond acceptors (Lipinski definition) is 6. The van der Waals surface area contributed by atoms with E-state index < -0.39 is 17.9 Å². The standard InChI is InChI=1S/C13H10N2O4/c1-18-12(16)8-3-4-9(6-14)10(5-8)11(7-15)13(17)19-2/h3-5,11H,1-2H3. The number of carbonyl (C=O) groups is 2. The molecule has 0 aliphatic rings. The summed E-state index contributed by atoms with van der Waals surface area (Å²) >= 11 is 0. The summed E-state index contributed by atoms with van der Waals surface area (Å²) in [5.41, 5.74) is 0.407. The molecule has 0 N–H and O–H groups in total. The normalized spacial score (nSPS) is 10.7. The molecule has 0 aliphatic carbocycles. The Labute approximate surface area is 109 Å². The maximum atomic E-state index is 11.5. The van der Waals surface area contributed by atoms with Gasteiger partial charge in [-0.3, -0.25) is 4.79 Å². The van der Waals surface area contributed by atoms with Crippen molar-refractivity contribution in [3.05, 3.63) is 34.9 Å². The molecule has 0 aliphatic heterocycles. The van der Waals surface area contributed by atoms with Crippen molar-refractivity contribution in [1.82, 2.24) is 0 Å². The molecular weight excluding hydrogens is 248 g/mol. The van der Waals surface area contributed by atoms with Crippen LogP contribution in [-0.4, -0.2) is 26.2 Å². The van der Waals surface area contributed by atoms with E-state index in [1.54, 1.807) is 6.07 Å². The van der Waals surface area contributed by atoms with E-state index in [1.807, 2.05) is 6.07 Å². The van der Waals surface area contributed by atoms with Crippen molar-refractivity contribution in [1.29, 1.82) is 10.5 Å². The number of ether oxygens (including phenoxy) is 2. The third-order valence-corrected chi connectivity index (χ3v) is 2.47. The van der Waals surface area contributed by atoms with Crippen molar-refractivity contribution in [2.75, 3.05) is 14.2 Å². The lowest BCUT2D eigenvalue weighted by atomic mass is 9.94. The summed E-state index contributed by atoms with van der Waals surface area (Å²) in [6.07, 6.45) is 0. The zero-order valence-corrected chi connectivity index (χ0v) is 10.3. The molecule has 1 rings (SSSR count). The first-order chi connectivity index (χ1) is 9.08. The Morgan fingerprint density at radius 1 is 1.21 bits per heavy atom. The Hall–Kier alpha value is -2.86. The number of nitrogens with zero attached hydrogens (tertiary/aromatic N) is 2. The highest BCUT2D eigenvalue weighted by Gasteiger charge is 2.25. The second-order valence-electron chi connectivity index (χ2n) is 3.49. The number of hydrogen-bond donors (Lipinski definition) is 0. The molecule has 0 radical (unpaired) electrons. The molecule has 1 aromatic rings.